The van der Waals surface area contributed by atoms with Gasteiger partial charge in [-0.2, -0.15) is 10.2 Å². The number of aromatic nitrogens is 4. The number of H-pyrrole nitrogens is 1. The minimum Gasteiger partial charge on any atom is -0.383 e. The number of methoxy groups -OCH3 is 2. The summed E-state index contributed by atoms with van der Waals surface area (Å²) in [5, 5.41) is 11.2. The zero-order valence-corrected chi connectivity index (χ0v) is 29.4. The Morgan fingerprint density at radius 3 is 2.11 bits per heavy atom. The summed E-state index contributed by atoms with van der Waals surface area (Å²) >= 11 is 0. The quantitative estimate of drug-likeness (QED) is 0.218. The van der Waals surface area contributed by atoms with Crippen LogP contribution in [-0.4, -0.2) is 125 Å². The first kappa shape index (κ1) is 36.5. The molecule has 0 spiro atoms. The Morgan fingerprint density at radius 1 is 0.911 bits per heavy atom. The van der Waals surface area contributed by atoms with E-state index in [0.717, 1.165) is 42.4 Å². The minimum absolute atomic E-state index is 0.0297. The Morgan fingerprint density at radius 2 is 1.51 bits per heavy atom. The van der Waals surface area contributed by atoms with Crippen LogP contribution in [0.4, 0.5) is 0 Å². The molecule has 0 bridgehead atoms. The molecule has 248 valence electrons. The lowest BCUT2D eigenvalue weighted by Gasteiger charge is -2.20. The molecule has 45 heavy (non-hydrogen) atoms. The number of carbonyl (C=O) groups is 4. The molecule has 4 rings (SSSR count). The smallest absolute Gasteiger partial charge is 0.275 e. The van der Waals surface area contributed by atoms with Gasteiger partial charge >= 0.3 is 0 Å². The van der Waals surface area contributed by atoms with Gasteiger partial charge in [0.25, 0.3) is 11.8 Å². The van der Waals surface area contributed by atoms with Gasteiger partial charge in [-0.15, -0.1) is 18.5 Å². The number of aryl methyl sites for hydroxylation is 1. The fourth-order valence-electron chi connectivity index (χ4n) is 5.40. The minimum atomic E-state index is -0.156. The topological polar surface area (TPSA) is 143 Å². The average molecular weight is 664 g/mol. The Balaban J connectivity index is 0.000000251. The summed E-state index contributed by atoms with van der Waals surface area (Å²) in [6.45, 7) is 1.95. The number of nitrogens with zero attached hydrogens (tertiary/aromatic N) is 6. The lowest BCUT2D eigenvalue weighted by molar-refractivity contribution is 0.0719. The summed E-state index contributed by atoms with van der Waals surface area (Å²) in [7, 11) is 13.8. The molecular weight excluding hydrogens is 616 g/mol. The molecule has 2 heterocycles. The molecule has 0 radical (unpaired) electrons. The zero-order valence-electron chi connectivity index (χ0n) is 27.1. The molecule has 2 aliphatic carbocycles. The molecule has 1 N–H and O–H groups in total. The van der Waals surface area contributed by atoms with Crippen molar-refractivity contribution in [3.63, 3.8) is 0 Å². The second-order valence-corrected chi connectivity index (χ2v) is 11.9. The number of nitrogens with one attached hydrogen (secondary N) is 1. The summed E-state index contributed by atoms with van der Waals surface area (Å²) in [6, 6.07) is 0. The molecule has 2 aromatic rings. The van der Waals surface area contributed by atoms with Gasteiger partial charge in [-0.3, -0.25) is 29.0 Å². The first-order chi connectivity index (χ1) is 21.6. The van der Waals surface area contributed by atoms with Crippen molar-refractivity contribution >= 4 is 41.9 Å². The highest BCUT2D eigenvalue weighted by molar-refractivity contribution is 7.16. The third kappa shape index (κ3) is 9.06. The van der Waals surface area contributed by atoms with Gasteiger partial charge in [0.15, 0.2) is 11.5 Å². The van der Waals surface area contributed by atoms with E-state index in [-0.39, 0.29) is 23.4 Å². The van der Waals surface area contributed by atoms with E-state index in [1.165, 1.54) is 0 Å². The van der Waals surface area contributed by atoms with Crippen molar-refractivity contribution in [1.82, 2.24) is 34.7 Å². The van der Waals surface area contributed by atoms with Crippen LogP contribution in [0.5, 0.6) is 0 Å². The monoisotopic (exact) mass is 663 g/mol. The van der Waals surface area contributed by atoms with Crippen molar-refractivity contribution in [3.05, 3.63) is 45.7 Å². The summed E-state index contributed by atoms with van der Waals surface area (Å²) < 4.78 is 11.6. The van der Waals surface area contributed by atoms with E-state index in [4.69, 9.17) is 9.47 Å². The molecule has 2 unspecified atom stereocenters. The molecule has 15 heteroatoms. The van der Waals surface area contributed by atoms with Gasteiger partial charge in [0, 0.05) is 90.3 Å². The number of allylic oxidation sites excluding steroid dienone is 1. The molecule has 0 saturated carbocycles. The SMILES string of the molecule is COCCN(CP)C(=O)c1[nH]nc2c1CCCCC2=O.COCCN(CP)C(=O)c1nn(C)c2c1CCC/C(=C\N(C)C)C2=O. The van der Waals surface area contributed by atoms with Crippen molar-refractivity contribution < 1.29 is 28.7 Å². The first-order valence-electron chi connectivity index (χ1n) is 15.1. The number of amides is 2. The van der Waals surface area contributed by atoms with Crippen LogP contribution in [0, 0.1) is 0 Å². The predicted molar refractivity (Wildman–Crippen MR) is 178 cm³/mol. The molecule has 2 aromatic heterocycles. The van der Waals surface area contributed by atoms with Crippen molar-refractivity contribution in [2.75, 3.05) is 67.2 Å². The average Bonchev–Trinajstić information content (AvgIpc) is 3.48. The van der Waals surface area contributed by atoms with Gasteiger partial charge < -0.3 is 24.2 Å². The number of Topliss-reactive ketones (excluding diaryl/α,β-unsaturated/α-hetero) is 2. The van der Waals surface area contributed by atoms with Crippen molar-refractivity contribution in [2.24, 2.45) is 7.05 Å². The molecule has 0 aliphatic heterocycles. The number of ether oxygens (including phenoxy) is 2. The van der Waals surface area contributed by atoms with Gasteiger partial charge in [0.2, 0.25) is 5.78 Å². The summed E-state index contributed by atoms with van der Waals surface area (Å²) in [5.74, 6) is -0.288. The molecule has 0 aromatic carbocycles. The van der Waals surface area contributed by atoms with E-state index in [0.29, 0.717) is 80.9 Å². The maximum absolute atomic E-state index is 12.9. The van der Waals surface area contributed by atoms with Gasteiger partial charge in [-0.1, -0.05) is 0 Å². The van der Waals surface area contributed by atoms with Crippen LogP contribution in [0.2, 0.25) is 0 Å². The van der Waals surface area contributed by atoms with Crippen LogP contribution < -0.4 is 0 Å². The second-order valence-electron chi connectivity index (χ2n) is 11.1. The van der Waals surface area contributed by atoms with Gasteiger partial charge in [-0.05, 0) is 38.5 Å². The number of fused-ring (bicyclic) bond motifs is 2. The number of hydrogen-bond donors (Lipinski definition) is 1. The number of carbonyl (C=O) groups excluding carboxylic acids is 4. The van der Waals surface area contributed by atoms with Crippen LogP contribution in [0.3, 0.4) is 0 Å². The van der Waals surface area contributed by atoms with Crippen LogP contribution in [-0.2, 0) is 29.4 Å². The molecule has 0 saturated heterocycles. The molecule has 13 nitrogen and oxygen atoms in total. The molecule has 2 amide bonds. The third-order valence-electron chi connectivity index (χ3n) is 7.71. The van der Waals surface area contributed by atoms with Gasteiger partial charge in [0.1, 0.15) is 17.1 Å². The standard InChI is InChI=1S/C17H27N4O3P.C13H20N3O3P/c1-19(2)10-12-6-5-7-13-14(18-20(3)15(13)16(12)22)17(23)21(11-25)8-9-24-4;1-19-7-6-16(8-20)13(18)12-9-4-2-3-5-10(17)11(9)14-15-12/h10H,5-9,11,25H2,1-4H3;2-8,20H2,1H3,(H,14,15)/b12-10+;. The highest BCUT2D eigenvalue weighted by Gasteiger charge is 2.31. The summed E-state index contributed by atoms with van der Waals surface area (Å²) in [5.41, 5.74) is 4.11. The highest BCUT2D eigenvalue weighted by atomic mass is 31.0. The highest BCUT2D eigenvalue weighted by Crippen LogP contribution is 2.28. The zero-order chi connectivity index (χ0) is 33.1. The van der Waals surface area contributed by atoms with Crippen molar-refractivity contribution in [2.45, 2.75) is 44.9 Å². The lowest BCUT2D eigenvalue weighted by Crippen LogP contribution is -2.33. The fourth-order valence-corrected chi connectivity index (χ4v) is 6.10. The van der Waals surface area contributed by atoms with Crippen LogP contribution in [0.15, 0.2) is 11.8 Å². The molecule has 2 atom stereocenters. The number of aromatic amines is 1. The van der Waals surface area contributed by atoms with E-state index >= 15 is 0 Å². The van der Waals surface area contributed by atoms with Crippen LogP contribution in [0.1, 0.15) is 85.2 Å². The molecule has 0 fully saturated rings. The fraction of sp³-hybridized carbons (Fsp3) is 0.600. The molecular formula is C30H47N7O6P2. The Bertz CT molecular complexity index is 1390. The predicted octanol–water partition coefficient (Wildman–Crippen LogP) is 2.55. The van der Waals surface area contributed by atoms with E-state index in [9.17, 15) is 19.2 Å². The van der Waals surface area contributed by atoms with Crippen molar-refractivity contribution in [3.8, 4) is 0 Å². The maximum atomic E-state index is 12.9. The van der Waals surface area contributed by atoms with E-state index < -0.39 is 0 Å². The van der Waals surface area contributed by atoms with Crippen LogP contribution >= 0.6 is 18.5 Å². The summed E-state index contributed by atoms with van der Waals surface area (Å²) in [6.07, 6.45) is 8.10. The first-order valence-corrected chi connectivity index (χ1v) is 16.8. The maximum Gasteiger partial charge on any atom is 0.275 e. The Labute approximate surface area is 269 Å². The third-order valence-corrected chi connectivity index (χ3v) is 8.59. The Hall–Kier alpha value is -2.98. The van der Waals surface area contributed by atoms with Gasteiger partial charge in [0.05, 0.1) is 13.2 Å². The number of rotatable bonds is 11. The van der Waals surface area contributed by atoms with Gasteiger partial charge in [-0.25, -0.2) is 0 Å². The van der Waals surface area contributed by atoms with Crippen molar-refractivity contribution in [1.29, 1.82) is 0 Å². The van der Waals surface area contributed by atoms with E-state index in [2.05, 4.69) is 33.8 Å². The van der Waals surface area contributed by atoms with Crippen LogP contribution in [0.25, 0.3) is 0 Å². The largest absolute Gasteiger partial charge is 0.383 e. The van der Waals surface area contributed by atoms with E-state index in [1.807, 2.05) is 25.2 Å². The second kappa shape index (κ2) is 17.6. The number of hydrogen-bond acceptors (Lipinski definition) is 9. The van der Waals surface area contributed by atoms with E-state index in [1.54, 1.807) is 35.7 Å². The molecule has 2 aliphatic rings. The Kier molecular flexibility index (Phi) is 14.3. The lowest BCUT2D eigenvalue weighted by atomic mass is 10.1. The normalized spacial score (nSPS) is 15.4. The summed E-state index contributed by atoms with van der Waals surface area (Å²) in [4.78, 5) is 55.5. The number of ketones is 2.